The minimum Gasteiger partial charge on any atom is -0.497 e. The van der Waals surface area contributed by atoms with Gasteiger partial charge >= 0.3 is 5.97 Å². The first kappa shape index (κ1) is 18.8. The molecule has 0 aliphatic heterocycles. The molecule has 0 aromatic heterocycles. The van der Waals surface area contributed by atoms with Gasteiger partial charge in [-0.05, 0) is 19.1 Å². The summed E-state index contributed by atoms with van der Waals surface area (Å²) in [6.07, 6.45) is -0.0779. The fraction of sp³-hybridized carbons (Fsp3) is 0.500. The molecule has 0 saturated heterocycles. The van der Waals surface area contributed by atoms with E-state index in [1.54, 1.807) is 18.2 Å². The molecule has 23 heavy (non-hydrogen) atoms. The number of hydrogen-bond donors (Lipinski definition) is 2. The molecule has 7 nitrogen and oxygen atoms in total. The molecule has 0 saturated carbocycles. The van der Waals surface area contributed by atoms with E-state index in [4.69, 9.17) is 19.3 Å². The molecule has 2 N–H and O–H groups in total. The van der Waals surface area contributed by atoms with E-state index in [2.05, 4.69) is 5.32 Å². The lowest BCUT2D eigenvalue weighted by atomic mass is 10.0. The number of hydrogen-bond acceptors (Lipinski definition) is 5. The average Bonchev–Trinajstić information content (AvgIpc) is 2.53. The highest BCUT2D eigenvalue weighted by Gasteiger charge is 2.22. The molecule has 1 amide bonds. The maximum atomic E-state index is 12.0. The molecular weight excluding hydrogens is 302 g/mol. The van der Waals surface area contributed by atoms with Gasteiger partial charge in [-0.25, -0.2) is 0 Å². The van der Waals surface area contributed by atoms with Crippen molar-refractivity contribution in [1.29, 1.82) is 0 Å². The van der Waals surface area contributed by atoms with Crippen LogP contribution in [-0.4, -0.2) is 44.4 Å². The van der Waals surface area contributed by atoms with Crippen LogP contribution in [0.5, 0.6) is 11.5 Å². The molecule has 0 fully saturated rings. The van der Waals surface area contributed by atoms with Gasteiger partial charge in [0.1, 0.15) is 11.5 Å². The molecule has 1 unspecified atom stereocenters. The molecule has 128 valence electrons. The van der Waals surface area contributed by atoms with E-state index in [0.717, 1.165) is 0 Å². The molecule has 0 spiro atoms. The Kier molecular flexibility index (Phi) is 7.90. The number of carboxylic acid groups (broad SMARTS) is 1. The number of amides is 1. The van der Waals surface area contributed by atoms with Crippen LogP contribution in [0.4, 0.5) is 0 Å². The number of aliphatic carboxylic acids is 1. The number of carbonyl (C=O) groups excluding carboxylic acids is 1. The Balaban J connectivity index is 2.93. The second-order valence-electron chi connectivity index (χ2n) is 4.77. The van der Waals surface area contributed by atoms with Crippen LogP contribution >= 0.6 is 0 Å². The van der Waals surface area contributed by atoms with Gasteiger partial charge in [0.05, 0.1) is 33.3 Å². The predicted octanol–water partition coefficient (Wildman–Crippen LogP) is 1.76. The van der Waals surface area contributed by atoms with E-state index in [0.29, 0.717) is 30.3 Å². The number of nitrogens with one attached hydrogen (secondary N) is 1. The van der Waals surface area contributed by atoms with Crippen LogP contribution in [0.1, 0.15) is 31.4 Å². The van der Waals surface area contributed by atoms with Gasteiger partial charge in [-0.2, -0.15) is 0 Å². The average molecular weight is 325 g/mol. The van der Waals surface area contributed by atoms with Crippen LogP contribution in [0, 0.1) is 0 Å². The number of benzene rings is 1. The molecule has 0 aliphatic carbocycles. The summed E-state index contributed by atoms with van der Waals surface area (Å²) in [5.41, 5.74) is 0.584. The van der Waals surface area contributed by atoms with Crippen molar-refractivity contribution in [3.05, 3.63) is 23.8 Å². The van der Waals surface area contributed by atoms with Gasteiger partial charge in [0.15, 0.2) is 0 Å². The molecule has 0 heterocycles. The summed E-state index contributed by atoms with van der Waals surface area (Å²) < 4.78 is 15.5. The minimum absolute atomic E-state index is 0.169. The Morgan fingerprint density at radius 1 is 1.26 bits per heavy atom. The molecule has 7 heteroatoms. The fourth-order valence-corrected chi connectivity index (χ4v) is 2.10. The third-order valence-electron chi connectivity index (χ3n) is 3.21. The SMILES string of the molecule is CCOCCC(=O)NC(CC(=O)O)c1ccc(OC)cc1OC. The van der Waals surface area contributed by atoms with Crippen molar-refractivity contribution >= 4 is 11.9 Å². The lowest BCUT2D eigenvalue weighted by Crippen LogP contribution is -2.31. The van der Waals surface area contributed by atoms with Gasteiger partial charge in [0.25, 0.3) is 0 Å². The smallest absolute Gasteiger partial charge is 0.305 e. The Morgan fingerprint density at radius 3 is 2.57 bits per heavy atom. The second kappa shape index (κ2) is 9.68. The summed E-state index contributed by atoms with van der Waals surface area (Å²) >= 11 is 0. The third kappa shape index (κ3) is 6.15. The van der Waals surface area contributed by atoms with Crippen LogP contribution in [0.15, 0.2) is 18.2 Å². The van der Waals surface area contributed by atoms with E-state index in [-0.39, 0.29) is 18.7 Å². The maximum absolute atomic E-state index is 12.0. The summed E-state index contributed by atoms with van der Waals surface area (Å²) in [5.74, 6) is -0.247. The topological polar surface area (TPSA) is 94.1 Å². The Labute approximate surface area is 135 Å². The molecule has 1 rings (SSSR count). The Bertz CT molecular complexity index is 531. The van der Waals surface area contributed by atoms with Crippen molar-refractivity contribution in [2.75, 3.05) is 27.4 Å². The van der Waals surface area contributed by atoms with E-state index in [1.807, 2.05) is 6.92 Å². The van der Waals surface area contributed by atoms with Crippen LogP contribution in [0.3, 0.4) is 0 Å². The molecule has 0 radical (unpaired) electrons. The zero-order valence-corrected chi connectivity index (χ0v) is 13.6. The van der Waals surface area contributed by atoms with Crippen molar-refractivity contribution in [3.8, 4) is 11.5 Å². The number of carbonyl (C=O) groups is 2. The standard InChI is InChI=1S/C16H23NO6/c1-4-23-8-7-15(18)17-13(10-16(19)20)12-6-5-11(21-2)9-14(12)22-3/h5-6,9,13H,4,7-8,10H2,1-3H3,(H,17,18)(H,19,20). The maximum Gasteiger partial charge on any atom is 0.305 e. The van der Waals surface area contributed by atoms with Crippen molar-refractivity contribution in [2.45, 2.75) is 25.8 Å². The highest BCUT2D eigenvalue weighted by Crippen LogP contribution is 2.31. The monoisotopic (exact) mass is 325 g/mol. The minimum atomic E-state index is -1.02. The summed E-state index contributed by atoms with van der Waals surface area (Å²) in [7, 11) is 3.01. The van der Waals surface area contributed by atoms with E-state index in [1.165, 1.54) is 14.2 Å². The summed E-state index contributed by atoms with van der Waals surface area (Å²) in [6.45, 7) is 2.66. The third-order valence-corrected chi connectivity index (χ3v) is 3.21. The van der Waals surface area contributed by atoms with Crippen molar-refractivity contribution in [1.82, 2.24) is 5.32 Å². The van der Waals surface area contributed by atoms with Gasteiger partial charge < -0.3 is 24.6 Å². The largest absolute Gasteiger partial charge is 0.497 e. The molecule has 0 aliphatic rings. The van der Waals surface area contributed by atoms with Gasteiger partial charge in [-0.1, -0.05) is 0 Å². The number of rotatable bonds is 10. The van der Waals surface area contributed by atoms with Crippen LogP contribution in [-0.2, 0) is 14.3 Å². The Morgan fingerprint density at radius 2 is 2.00 bits per heavy atom. The zero-order valence-electron chi connectivity index (χ0n) is 13.6. The van der Waals surface area contributed by atoms with Crippen molar-refractivity contribution in [3.63, 3.8) is 0 Å². The van der Waals surface area contributed by atoms with Crippen molar-refractivity contribution < 1.29 is 28.9 Å². The normalized spacial score (nSPS) is 11.6. The molecular formula is C16H23NO6. The van der Waals surface area contributed by atoms with Gasteiger partial charge in [0, 0.05) is 24.7 Å². The summed E-state index contributed by atoms with van der Waals surface area (Å²) in [6, 6.07) is 4.34. The van der Waals surface area contributed by atoms with E-state index in [9.17, 15) is 9.59 Å². The molecule has 1 atom stereocenters. The first-order chi connectivity index (χ1) is 11.0. The molecule has 1 aromatic carbocycles. The number of carboxylic acids is 1. The Hall–Kier alpha value is -2.28. The lowest BCUT2D eigenvalue weighted by molar-refractivity contribution is -0.137. The van der Waals surface area contributed by atoms with Crippen LogP contribution in [0.25, 0.3) is 0 Å². The highest BCUT2D eigenvalue weighted by molar-refractivity contribution is 5.78. The highest BCUT2D eigenvalue weighted by atomic mass is 16.5. The molecule has 1 aromatic rings. The van der Waals surface area contributed by atoms with Crippen molar-refractivity contribution in [2.24, 2.45) is 0 Å². The quantitative estimate of drug-likeness (QED) is 0.637. The lowest BCUT2D eigenvalue weighted by Gasteiger charge is -2.20. The number of ether oxygens (including phenoxy) is 3. The number of methoxy groups -OCH3 is 2. The van der Waals surface area contributed by atoms with Crippen LogP contribution < -0.4 is 14.8 Å². The van der Waals surface area contributed by atoms with Gasteiger partial charge in [-0.3, -0.25) is 9.59 Å². The first-order valence-corrected chi connectivity index (χ1v) is 7.32. The summed E-state index contributed by atoms with van der Waals surface area (Å²) in [5, 5.41) is 11.8. The van der Waals surface area contributed by atoms with E-state index >= 15 is 0 Å². The fourth-order valence-electron chi connectivity index (χ4n) is 2.10. The van der Waals surface area contributed by atoms with Gasteiger partial charge in [-0.15, -0.1) is 0 Å². The van der Waals surface area contributed by atoms with E-state index < -0.39 is 12.0 Å². The zero-order chi connectivity index (χ0) is 17.2. The predicted molar refractivity (Wildman–Crippen MR) is 83.8 cm³/mol. The van der Waals surface area contributed by atoms with Gasteiger partial charge in [0.2, 0.25) is 5.91 Å². The first-order valence-electron chi connectivity index (χ1n) is 7.32. The van der Waals surface area contributed by atoms with Crippen LogP contribution in [0.2, 0.25) is 0 Å². The molecule has 0 bridgehead atoms. The second-order valence-corrected chi connectivity index (χ2v) is 4.77. The summed E-state index contributed by atoms with van der Waals surface area (Å²) in [4.78, 5) is 23.1.